The van der Waals surface area contributed by atoms with E-state index in [1.807, 2.05) is 59.9 Å². The SMILES string of the molecule is Cn1cc(-c2nc(N)nnc2-c2cn(C)c3ncc(Br)cc23)c2cc(Cl)ccc21. The van der Waals surface area contributed by atoms with E-state index in [0.29, 0.717) is 16.4 Å². The standard InChI is InChI=1S/C20H15BrClN7/c1-28-8-14(12-6-11(22)3-4-16(12)28)17-18(26-27-20(23)25-17)15-9-29(2)19-13(15)5-10(21)7-24-19/h3-9H,1-2H3,(H2,23,25,27). The second kappa shape index (κ2) is 6.53. The van der Waals surface area contributed by atoms with E-state index in [-0.39, 0.29) is 5.95 Å². The lowest BCUT2D eigenvalue weighted by molar-refractivity contribution is 0.944. The molecule has 2 N–H and O–H groups in total. The molecule has 0 amide bonds. The van der Waals surface area contributed by atoms with Crippen LogP contribution in [0.1, 0.15) is 0 Å². The number of pyridine rings is 1. The Bertz CT molecular complexity index is 1420. The summed E-state index contributed by atoms with van der Waals surface area (Å²) in [5.74, 6) is 0.113. The van der Waals surface area contributed by atoms with Crippen LogP contribution < -0.4 is 5.73 Å². The van der Waals surface area contributed by atoms with Gasteiger partial charge in [-0.05, 0) is 40.2 Å². The van der Waals surface area contributed by atoms with Crippen molar-refractivity contribution in [2.24, 2.45) is 14.1 Å². The quantitative estimate of drug-likeness (QED) is 0.410. The van der Waals surface area contributed by atoms with Crippen molar-refractivity contribution in [3.8, 4) is 22.5 Å². The van der Waals surface area contributed by atoms with Gasteiger partial charge in [0.1, 0.15) is 17.0 Å². The number of nitrogens with two attached hydrogens (primary N) is 1. The van der Waals surface area contributed by atoms with E-state index in [1.54, 1.807) is 6.20 Å². The molecule has 5 rings (SSSR count). The highest BCUT2D eigenvalue weighted by Gasteiger charge is 2.21. The summed E-state index contributed by atoms with van der Waals surface area (Å²) >= 11 is 9.78. The zero-order valence-electron chi connectivity index (χ0n) is 15.6. The van der Waals surface area contributed by atoms with Crippen LogP contribution >= 0.6 is 27.5 Å². The monoisotopic (exact) mass is 467 g/mol. The summed E-state index contributed by atoms with van der Waals surface area (Å²) in [4.78, 5) is 9.07. The third-order valence-electron chi connectivity index (χ3n) is 4.95. The fraction of sp³-hybridized carbons (Fsp3) is 0.100. The molecule has 1 aromatic carbocycles. The Morgan fingerprint density at radius 1 is 0.966 bits per heavy atom. The molecule has 0 aliphatic rings. The molecule has 0 fully saturated rings. The number of hydrogen-bond acceptors (Lipinski definition) is 5. The normalized spacial score (nSPS) is 11.6. The number of nitrogen functional groups attached to an aromatic ring is 1. The van der Waals surface area contributed by atoms with Crippen LogP contribution in [0.15, 0.2) is 47.3 Å². The largest absolute Gasteiger partial charge is 0.366 e. The third kappa shape index (κ3) is 2.87. The molecule has 5 aromatic rings. The summed E-state index contributed by atoms with van der Waals surface area (Å²) in [6.07, 6.45) is 5.76. The van der Waals surface area contributed by atoms with Crippen LogP contribution in [0, 0.1) is 0 Å². The second-order valence-electron chi connectivity index (χ2n) is 6.86. The summed E-state index contributed by atoms with van der Waals surface area (Å²) in [6, 6.07) is 7.79. The van der Waals surface area contributed by atoms with Crippen LogP contribution in [-0.2, 0) is 14.1 Å². The Hall–Kier alpha value is -2.97. The van der Waals surface area contributed by atoms with Crippen molar-refractivity contribution in [2.45, 2.75) is 0 Å². The Balaban J connectivity index is 1.86. The van der Waals surface area contributed by atoms with E-state index in [0.717, 1.165) is 37.5 Å². The van der Waals surface area contributed by atoms with Gasteiger partial charge in [-0.2, -0.15) is 0 Å². The van der Waals surface area contributed by atoms with Crippen molar-refractivity contribution in [3.05, 3.63) is 52.4 Å². The fourth-order valence-corrected chi connectivity index (χ4v) is 4.19. The maximum atomic E-state index is 6.28. The molecule has 4 heterocycles. The summed E-state index contributed by atoms with van der Waals surface area (Å²) < 4.78 is 4.87. The third-order valence-corrected chi connectivity index (χ3v) is 5.61. The van der Waals surface area contributed by atoms with Gasteiger partial charge in [0.25, 0.3) is 0 Å². The lowest BCUT2D eigenvalue weighted by atomic mass is 10.0. The molecule has 0 radical (unpaired) electrons. The Morgan fingerprint density at radius 3 is 2.55 bits per heavy atom. The van der Waals surface area contributed by atoms with E-state index in [4.69, 9.17) is 17.3 Å². The molecule has 0 aliphatic carbocycles. The van der Waals surface area contributed by atoms with Gasteiger partial charge in [-0.15, -0.1) is 10.2 Å². The lowest BCUT2D eigenvalue weighted by Crippen LogP contribution is -2.02. The van der Waals surface area contributed by atoms with E-state index >= 15 is 0 Å². The summed E-state index contributed by atoms with van der Waals surface area (Å²) in [5.41, 5.74) is 10.9. The number of fused-ring (bicyclic) bond motifs is 2. The highest BCUT2D eigenvalue weighted by atomic mass is 79.9. The highest BCUT2D eigenvalue weighted by molar-refractivity contribution is 9.10. The molecule has 4 aromatic heterocycles. The van der Waals surface area contributed by atoms with Gasteiger partial charge in [0.15, 0.2) is 0 Å². The number of benzene rings is 1. The van der Waals surface area contributed by atoms with Crippen molar-refractivity contribution in [1.82, 2.24) is 29.3 Å². The molecular weight excluding hydrogens is 454 g/mol. The topological polar surface area (TPSA) is 87.4 Å². The maximum absolute atomic E-state index is 6.28. The number of anilines is 1. The minimum absolute atomic E-state index is 0.113. The molecule has 0 atom stereocenters. The highest BCUT2D eigenvalue weighted by Crippen LogP contribution is 2.38. The van der Waals surface area contributed by atoms with Crippen molar-refractivity contribution in [3.63, 3.8) is 0 Å². The van der Waals surface area contributed by atoms with Gasteiger partial charge in [0, 0.05) is 69.6 Å². The van der Waals surface area contributed by atoms with Crippen LogP contribution in [0.2, 0.25) is 5.02 Å². The number of aryl methyl sites for hydroxylation is 2. The summed E-state index contributed by atoms with van der Waals surface area (Å²) in [6.45, 7) is 0. The zero-order valence-corrected chi connectivity index (χ0v) is 17.9. The molecule has 0 aliphatic heterocycles. The second-order valence-corrected chi connectivity index (χ2v) is 8.21. The van der Waals surface area contributed by atoms with Gasteiger partial charge in [-0.25, -0.2) is 9.97 Å². The van der Waals surface area contributed by atoms with Crippen LogP contribution in [0.25, 0.3) is 44.5 Å². The molecule has 0 unspecified atom stereocenters. The molecule has 0 saturated heterocycles. The van der Waals surface area contributed by atoms with Crippen molar-refractivity contribution >= 4 is 55.4 Å². The fourth-order valence-electron chi connectivity index (χ4n) is 3.69. The Labute approximate surface area is 179 Å². The molecule has 7 nitrogen and oxygen atoms in total. The van der Waals surface area contributed by atoms with Gasteiger partial charge < -0.3 is 14.9 Å². The number of rotatable bonds is 2. The molecule has 29 heavy (non-hydrogen) atoms. The lowest BCUT2D eigenvalue weighted by Gasteiger charge is -2.07. The number of nitrogens with zero attached hydrogens (tertiary/aromatic N) is 6. The molecule has 144 valence electrons. The van der Waals surface area contributed by atoms with Gasteiger partial charge in [0.2, 0.25) is 5.95 Å². The van der Waals surface area contributed by atoms with Gasteiger partial charge in [-0.3, -0.25) is 0 Å². The molecule has 0 saturated carbocycles. The average molecular weight is 469 g/mol. The first-order valence-corrected chi connectivity index (χ1v) is 9.95. The Morgan fingerprint density at radius 2 is 1.72 bits per heavy atom. The van der Waals surface area contributed by atoms with Crippen molar-refractivity contribution in [2.75, 3.05) is 5.73 Å². The minimum Gasteiger partial charge on any atom is -0.366 e. The van der Waals surface area contributed by atoms with Gasteiger partial charge in [-0.1, -0.05) is 11.6 Å². The zero-order chi connectivity index (χ0) is 20.3. The van der Waals surface area contributed by atoms with Crippen LogP contribution in [-0.4, -0.2) is 29.3 Å². The summed E-state index contributed by atoms with van der Waals surface area (Å²) in [5, 5.41) is 11.0. The first-order valence-electron chi connectivity index (χ1n) is 8.78. The Kier molecular flexibility index (Phi) is 4.07. The minimum atomic E-state index is 0.113. The molecule has 0 bridgehead atoms. The molecule has 0 spiro atoms. The molecular formula is C20H15BrClN7. The summed E-state index contributed by atoms with van der Waals surface area (Å²) in [7, 11) is 3.93. The number of halogens is 2. The van der Waals surface area contributed by atoms with Crippen LogP contribution in [0.4, 0.5) is 5.95 Å². The van der Waals surface area contributed by atoms with Gasteiger partial charge in [0.05, 0.1) is 0 Å². The number of hydrogen-bond donors (Lipinski definition) is 1. The van der Waals surface area contributed by atoms with Crippen molar-refractivity contribution in [1.29, 1.82) is 0 Å². The van der Waals surface area contributed by atoms with Crippen LogP contribution in [0.3, 0.4) is 0 Å². The predicted octanol–water partition coefficient (Wildman–Crippen LogP) is 4.58. The predicted molar refractivity (Wildman–Crippen MR) is 119 cm³/mol. The first-order chi connectivity index (χ1) is 13.9. The van der Waals surface area contributed by atoms with Crippen LogP contribution in [0.5, 0.6) is 0 Å². The smallest absolute Gasteiger partial charge is 0.240 e. The van der Waals surface area contributed by atoms with E-state index < -0.39 is 0 Å². The van der Waals surface area contributed by atoms with Gasteiger partial charge >= 0.3 is 0 Å². The average Bonchev–Trinajstić information content (AvgIpc) is 3.18. The van der Waals surface area contributed by atoms with E-state index in [9.17, 15) is 0 Å². The van der Waals surface area contributed by atoms with Crippen molar-refractivity contribution < 1.29 is 0 Å². The first kappa shape index (κ1) is 18.1. The molecule has 9 heteroatoms. The maximum Gasteiger partial charge on any atom is 0.240 e. The van der Waals surface area contributed by atoms with E-state index in [1.165, 1.54) is 0 Å². The van der Waals surface area contributed by atoms with E-state index in [2.05, 4.69) is 36.1 Å². The number of aromatic nitrogens is 6.